The van der Waals surface area contributed by atoms with Gasteiger partial charge < -0.3 is 14.8 Å². The van der Waals surface area contributed by atoms with Crippen LogP contribution in [0.1, 0.15) is 6.92 Å². The molecule has 0 aromatic heterocycles. The molecule has 19 heavy (non-hydrogen) atoms. The van der Waals surface area contributed by atoms with Gasteiger partial charge in [-0.1, -0.05) is 6.92 Å². The monoisotopic (exact) mass is 268 g/mol. The minimum atomic E-state index is -0.565. The normalized spacial score (nSPS) is 11.7. The number of nitrogens with zero attached hydrogens (tertiary/aromatic N) is 1. The number of likely N-dealkylation sites (N-methyl/N-ethyl adjacent to an activating group) is 1. The molecule has 0 bridgehead atoms. The summed E-state index contributed by atoms with van der Waals surface area (Å²) in [5.74, 6) is 0.0427. The smallest absolute Gasteiger partial charge is 0.326 e. The molecule has 0 saturated heterocycles. The molecule has 0 saturated carbocycles. The van der Waals surface area contributed by atoms with Crippen LogP contribution in [0.25, 0.3) is 0 Å². The van der Waals surface area contributed by atoms with Gasteiger partial charge in [0.25, 0.3) is 5.69 Å². The Morgan fingerprint density at radius 2 is 2.05 bits per heavy atom. The second-order valence-corrected chi connectivity index (χ2v) is 3.70. The molecule has 7 heteroatoms. The van der Waals surface area contributed by atoms with Gasteiger partial charge in [-0.3, -0.25) is 14.9 Å². The van der Waals surface area contributed by atoms with Crippen molar-refractivity contribution in [1.82, 2.24) is 5.32 Å². The van der Waals surface area contributed by atoms with E-state index in [0.29, 0.717) is 12.3 Å². The molecule has 104 valence electrons. The zero-order valence-electron chi connectivity index (χ0n) is 10.8. The van der Waals surface area contributed by atoms with Gasteiger partial charge in [0.1, 0.15) is 18.4 Å². The Labute approximate surface area is 110 Å². The Hall–Kier alpha value is -2.15. The molecule has 0 spiro atoms. The summed E-state index contributed by atoms with van der Waals surface area (Å²) in [6.45, 7) is 2.56. The predicted octanol–water partition coefficient (Wildman–Crippen LogP) is 1.12. The quantitative estimate of drug-likeness (QED) is 0.453. The number of ether oxygens (including phenoxy) is 2. The molecule has 0 heterocycles. The van der Waals surface area contributed by atoms with Gasteiger partial charge in [-0.25, -0.2) is 0 Å². The molecule has 1 N–H and O–H groups in total. The number of hydrogen-bond donors (Lipinski definition) is 1. The van der Waals surface area contributed by atoms with E-state index in [1.54, 1.807) is 0 Å². The summed E-state index contributed by atoms with van der Waals surface area (Å²) in [7, 11) is 1.30. The van der Waals surface area contributed by atoms with Crippen molar-refractivity contribution in [2.24, 2.45) is 0 Å². The summed E-state index contributed by atoms with van der Waals surface area (Å²) < 4.78 is 10.0. The first-order chi connectivity index (χ1) is 9.08. The Morgan fingerprint density at radius 1 is 1.42 bits per heavy atom. The van der Waals surface area contributed by atoms with Gasteiger partial charge in [0.15, 0.2) is 0 Å². The van der Waals surface area contributed by atoms with Crippen LogP contribution in [0, 0.1) is 10.1 Å². The molecule has 1 aromatic rings. The summed E-state index contributed by atoms with van der Waals surface area (Å²) in [6.07, 6.45) is 0. The van der Waals surface area contributed by atoms with Gasteiger partial charge in [0.2, 0.25) is 0 Å². The number of nitrogens with one attached hydrogen (secondary N) is 1. The molecular formula is C12H16N2O5. The largest absolute Gasteiger partial charge is 0.491 e. The lowest BCUT2D eigenvalue weighted by Crippen LogP contribution is -2.42. The van der Waals surface area contributed by atoms with Gasteiger partial charge in [-0.15, -0.1) is 0 Å². The number of nitro groups is 1. The van der Waals surface area contributed by atoms with Gasteiger partial charge in [0.05, 0.1) is 12.0 Å². The predicted molar refractivity (Wildman–Crippen MR) is 68.1 cm³/mol. The van der Waals surface area contributed by atoms with E-state index in [4.69, 9.17) is 4.74 Å². The molecule has 0 aliphatic heterocycles. The fraction of sp³-hybridized carbons (Fsp3) is 0.417. The number of non-ortho nitro benzene ring substituents is 1. The van der Waals surface area contributed by atoms with Crippen molar-refractivity contribution in [3.05, 3.63) is 34.4 Å². The Morgan fingerprint density at radius 3 is 2.53 bits per heavy atom. The van der Waals surface area contributed by atoms with Crippen molar-refractivity contribution in [3.8, 4) is 5.75 Å². The first kappa shape index (κ1) is 14.9. The van der Waals surface area contributed by atoms with Crippen LogP contribution in [0.3, 0.4) is 0 Å². The van der Waals surface area contributed by atoms with Crippen LogP contribution >= 0.6 is 0 Å². The molecule has 1 rings (SSSR count). The number of carbonyl (C=O) groups is 1. The van der Waals surface area contributed by atoms with Gasteiger partial charge >= 0.3 is 5.97 Å². The third kappa shape index (κ3) is 4.55. The van der Waals surface area contributed by atoms with Crippen molar-refractivity contribution in [3.63, 3.8) is 0 Å². The number of carbonyl (C=O) groups excluding carboxylic acids is 1. The maximum absolute atomic E-state index is 11.4. The maximum Gasteiger partial charge on any atom is 0.326 e. The highest BCUT2D eigenvalue weighted by Gasteiger charge is 2.18. The second kappa shape index (κ2) is 7.32. The lowest BCUT2D eigenvalue weighted by Gasteiger charge is -2.16. The van der Waals surface area contributed by atoms with Crippen LogP contribution in [0.4, 0.5) is 5.69 Å². The van der Waals surface area contributed by atoms with Gasteiger partial charge in [-0.2, -0.15) is 0 Å². The second-order valence-electron chi connectivity index (χ2n) is 3.70. The van der Waals surface area contributed by atoms with Gasteiger partial charge in [0, 0.05) is 12.1 Å². The van der Waals surface area contributed by atoms with Crippen molar-refractivity contribution in [1.29, 1.82) is 0 Å². The van der Waals surface area contributed by atoms with E-state index in [-0.39, 0.29) is 12.3 Å². The summed E-state index contributed by atoms with van der Waals surface area (Å²) in [5.41, 5.74) is -0.0106. The van der Waals surface area contributed by atoms with E-state index in [2.05, 4.69) is 10.1 Å². The lowest BCUT2D eigenvalue weighted by atomic mass is 10.3. The van der Waals surface area contributed by atoms with E-state index >= 15 is 0 Å². The molecule has 0 aliphatic carbocycles. The highest BCUT2D eigenvalue weighted by atomic mass is 16.6. The molecule has 0 aliphatic rings. The van der Waals surface area contributed by atoms with Crippen LogP contribution in [0.2, 0.25) is 0 Å². The zero-order valence-corrected chi connectivity index (χ0v) is 10.8. The molecule has 1 aromatic carbocycles. The highest BCUT2D eigenvalue weighted by molar-refractivity contribution is 5.75. The van der Waals surface area contributed by atoms with Crippen molar-refractivity contribution in [2.45, 2.75) is 13.0 Å². The number of methoxy groups -OCH3 is 1. The van der Waals surface area contributed by atoms with E-state index in [1.807, 2.05) is 6.92 Å². The standard InChI is InChI=1S/C12H16N2O5/c1-3-13-11(12(15)18-2)8-19-10-6-4-9(5-7-10)14(16)17/h4-7,11,13H,3,8H2,1-2H3. The average Bonchev–Trinajstić information content (AvgIpc) is 2.43. The van der Waals surface area contributed by atoms with Crippen LogP contribution in [-0.4, -0.2) is 37.2 Å². The molecule has 7 nitrogen and oxygen atoms in total. The third-order valence-electron chi connectivity index (χ3n) is 2.40. The number of esters is 1. The first-order valence-electron chi connectivity index (χ1n) is 5.77. The summed E-state index contributed by atoms with van der Waals surface area (Å²) in [4.78, 5) is 21.4. The number of hydrogen-bond acceptors (Lipinski definition) is 6. The third-order valence-corrected chi connectivity index (χ3v) is 2.40. The van der Waals surface area contributed by atoms with Gasteiger partial charge in [-0.05, 0) is 18.7 Å². The van der Waals surface area contributed by atoms with E-state index in [0.717, 1.165) is 0 Å². The average molecular weight is 268 g/mol. The number of nitro benzene ring substituents is 1. The van der Waals surface area contributed by atoms with Crippen LogP contribution < -0.4 is 10.1 Å². The molecule has 0 radical (unpaired) electrons. The summed E-state index contributed by atoms with van der Waals surface area (Å²) in [5, 5.41) is 13.4. The minimum absolute atomic E-state index is 0.0106. The van der Waals surface area contributed by atoms with Crippen LogP contribution in [0.15, 0.2) is 24.3 Å². The molecule has 0 fully saturated rings. The van der Waals surface area contributed by atoms with E-state index < -0.39 is 16.9 Å². The molecule has 1 atom stereocenters. The molecule has 1 unspecified atom stereocenters. The number of benzene rings is 1. The number of rotatable bonds is 7. The Balaban J connectivity index is 2.58. The summed E-state index contributed by atoms with van der Waals surface area (Å²) >= 11 is 0. The van der Waals surface area contributed by atoms with Crippen molar-refractivity contribution < 1.29 is 19.2 Å². The highest BCUT2D eigenvalue weighted by Crippen LogP contribution is 2.17. The molecular weight excluding hydrogens is 252 g/mol. The van der Waals surface area contributed by atoms with E-state index in [1.165, 1.54) is 31.4 Å². The SMILES string of the molecule is CCNC(COc1ccc([N+](=O)[O-])cc1)C(=O)OC. The van der Waals surface area contributed by atoms with E-state index in [9.17, 15) is 14.9 Å². The van der Waals surface area contributed by atoms with Crippen molar-refractivity contribution in [2.75, 3.05) is 20.3 Å². The fourth-order valence-corrected chi connectivity index (χ4v) is 1.44. The topological polar surface area (TPSA) is 90.7 Å². The van der Waals surface area contributed by atoms with Crippen molar-refractivity contribution >= 4 is 11.7 Å². The zero-order chi connectivity index (χ0) is 14.3. The van der Waals surface area contributed by atoms with Crippen LogP contribution in [0.5, 0.6) is 5.75 Å². The minimum Gasteiger partial charge on any atom is -0.491 e. The maximum atomic E-state index is 11.4. The van der Waals surface area contributed by atoms with Crippen LogP contribution in [-0.2, 0) is 9.53 Å². The Bertz CT molecular complexity index is 432. The fourth-order valence-electron chi connectivity index (χ4n) is 1.44. The molecule has 0 amide bonds. The summed E-state index contributed by atoms with van der Waals surface area (Å²) in [6, 6.07) is 5.09. The first-order valence-corrected chi connectivity index (χ1v) is 5.77. The lowest BCUT2D eigenvalue weighted by molar-refractivity contribution is -0.384. The Kier molecular flexibility index (Phi) is 5.74.